The second kappa shape index (κ2) is 6.62. The van der Waals surface area contributed by atoms with Crippen LogP contribution >= 0.6 is 11.3 Å². The Kier molecular flexibility index (Phi) is 4.15. The minimum Gasteiger partial charge on any atom is -0.457 e. The molecule has 5 nitrogen and oxygen atoms in total. The lowest BCUT2D eigenvalue weighted by atomic mass is 10.1. The van der Waals surface area contributed by atoms with E-state index in [2.05, 4.69) is 27.4 Å². The zero-order valence-electron chi connectivity index (χ0n) is 14.4. The largest absolute Gasteiger partial charge is 0.457 e. The molecular weight excluding hydrogens is 344 g/mol. The number of hydrogen-bond donors (Lipinski definition) is 1. The molecule has 0 radical (unpaired) electrons. The average molecular weight is 360 g/mol. The Morgan fingerprint density at radius 2 is 2.00 bits per heavy atom. The number of hydrogen-bond acceptors (Lipinski definition) is 6. The van der Waals surface area contributed by atoms with E-state index < -0.39 is 0 Å². The van der Waals surface area contributed by atoms with Gasteiger partial charge in [-0.25, -0.2) is 9.97 Å². The Morgan fingerprint density at radius 3 is 2.81 bits per heavy atom. The summed E-state index contributed by atoms with van der Waals surface area (Å²) < 4.78 is 7.07. The molecule has 0 unspecified atom stereocenters. The van der Waals surface area contributed by atoms with E-state index in [-0.39, 0.29) is 0 Å². The predicted molar refractivity (Wildman–Crippen MR) is 103 cm³/mol. The number of benzene rings is 1. The summed E-state index contributed by atoms with van der Waals surface area (Å²) in [5.74, 6) is 2.10. The summed E-state index contributed by atoms with van der Waals surface area (Å²) in [5.41, 5.74) is 3.32. The third kappa shape index (κ3) is 3.05. The minimum atomic E-state index is 0.454. The molecule has 1 N–H and O–H groups in total. The summed E-state index contributed by atoms with van der Waals surface area (Å²) in [7, 11) is 0. The van der Waals surface area contributed by atoms with E-state index in [1.54, 1.807) is 11.3 Å². The van der Waals surface area contributed by atoms with Crippen molar-refractivity contribution in [1.82, 2.24) is 9.97 Å². The molecule has 0 aliphatic heterocycles. The standard InChI is InChI=1S/C20H16N4OS/c1-12-9-13(2)23-19(15(12)10-21)22-11-14-7-8-17(25-14)20-24-16-5-3-4-6-18(16)26-20/h3-9H,11H2,1-2H3,(H,22,23). The van der Waals surface area contributed by atoms with E-state index in [1.807, 2.05) is 50.2 Å². The van der Waals surface area contributed by atoms with Gasteiger partial charge in [0.25, 0.3) is 0 Å². The van der Waals surface area contributed by atoms with E-state index in [0.29, 0.717) is 17.9 Å². The third-order valence-electron chi connectivity index (χ3n) is 4.05. The maximum absolute atomic E-state index is 9.35. The Morgan fingerprint density at radius 1 is 1.15 bits per heavy atom. The summed E-state index contributed by atoms with van der Waals surface area (Å²) in [6, 6.07) is 16.0. The topological polar surface area (TPSA) is 74.7 Å². The highest BCUT2D eigenvalue weighted by Gasteiger charge is 2.12. The lowest BCUT2D eigenvalue weighted by Crippen LogP contribution is -2.05. The number of fused-ring (bicyclic) bond motifs is 1. The smallest absolute Gasteiger partial charge is 0.163 e. The molecule has 4 aromatic rings. The quantitative estimate of drug-likeness (QED) is 0.551. The number of furan rings is 1. The number of rotatable bonds is 4. The predicted octanol–water partition coefficient (Wildman–Crippen LogP) is 5.05. The molecule has 26 heavy (non-hydrogen) atoms. The molecule has 0 atom stereocenters. The van der Waals surface area contributed by atoms with Gasteiger partial charge in [0, 0.05) is 5.69 Å². The Bertz CT molecular complexity index is 1100. The fourth-order valence-electron chi connectivity index (χ4n) is 2.84. The first kappa shape index (κ1) is 16.3. The molecule has 0 saturated carbocycles. The molecule has 1 aromatic carbocycles. The van der Waals surface area contributed by atoms with Gasteiger partial charge in [-0.2, -0.15) is 5.26 Å². The SMILES string of the molecule is Cc1cc(C)c(C#N)c(NCc2ccc(-c3nc4ccccc4s3)o2)n1. The van der Waals surface area contributed by atoms with Crippen molar-refractivity contribution in [3.63, 3.8) is 0 Å². The van der Waals surface area contributed by atoms with Gasteiger partial charge < -0.3 is 9.73 Å². The summed E-state index contributed by atoms with van der Waals surface area (Å²) in [6.45, 7) is 4.28. The van der Waals surface area contributed by atoms with E-state index in [0.717, 1.165) is 38.0 Å². The first-order valence-electron chi connectivity index (χ1n) is 8.21. The molecule has 0 saturated heterocycles. The van der Waals surface area contributed by atoms with Crippen LogP contribution in [0.1, 0.15) is 22.6 Å². The van der Waals surface area contributed by atoms with Gasteiger partial charge in [0.2, 0.25) is 0 Å². The molecule has 0 bridgehead atoms. The van der Waals surface area contributed by atoms with Gasteiger partial charge in [-0.15, -0.1) is 11.3 Å². The van der Waals surface area contributed by atoms with E-state index >= 15 is 0 Å². The number of nitrogens with zero attached hydrogens (tertiary/aromatic N) is 3. The van der Waals surface area contributed by atoms with Crippen LogP contribution in [0.2, 0.25) is 0 Å². The Labute approximate surface area is 155 Å². The Hall–Kier alpha value is -3.17. The third-order valence-corrected chi connectivity index (χ3v) is 5.10. The second-order valence-corrected chi connectivity index (χ2v) is 7.05. The molecule has 4 rings (SSSR count). The van der Waals surface area contributed by atoms with Crippen molar-refractivity contribution >= 4 is 27.4 Å². The van der Waals surface area contributed by atoms with Gasteiger partial charge in [-0.05, 0) is 49.7 Å². The maximum atomic E-state index is 9.35. The average Bonchev–Trinajstić information content (AvgIpc) is 3.26. The number of thiazole rings is 1. The van der Waals surface area contributed by atoms with Gasteiger partial charge in [0.1, 0.15) is 17.6 Å². The number of nitrogens with one attached hydrogen (secondary N) is 1. The molecule has 3 aromatic heterocycles. The number of para-hydroxylation sites is 1. The van der Waals surface area contributed by atoms with Crippen LogP contribution in [0.4, 0.5) is 5.82 Å². The van der Waals surface area contributed by atoms with Crippen LogP contribution < -0.4 is 5.32 Å². The molecule has 0 aliphatic rings. The second-order valence-electron chi connectivity index (χ2n) is 6.02. The molecule has 0 spiro atoms. The van der Waals surface area contributed by atoms with Crippen LogP contribution in [-0.2, 0) is 6.54 Å². The van der Waals surface area contributed by atoms with Crippen molar-refractivity contribution in [3.05, 3.63) is 65.0 Å². The molecule has 6 heteroatoms. The molecule has 0 aliphatic carbocycles. The highest BCUT2D eigenvalue weighted by atomic mass is 32.1. The van der Waals surface area contributed by atoms with Crippen molar-refractivity contribution in [1.29, 1.82) is 5.26 Å². The van der Waals surface area contributed by atoms with Crippen LogP contribution in [0, 0.1) is 25.2 Å². The molecule has 0 amide bonds. The molecule has 128 valence electrons. The maximum Gasteiger partial charge on any atom is 0.163 e. The van der Waals surface area contributed by atoms with Gasteiger partial charge in [-0.3, -0.25) is 0 Å². The van der Waals surface area contributed by atoms with E-state index in [4.69, 9.17) is 4.42 Å². The number of pyridine rings is 1. The zero-order valence-corrected chi connectivity index (χ0v) is 15.2. The van der Waals surface area contributed by atoms with Crippen molar-refractivity contribution in [3.8, 4) is 16.8 Å². The molecule has 0 fully saturated rings. The number of anilines is 1. The number of aromatic nitrogens is 2. The highest BCUT2D eigenvalue weighted by Crippen LogP contribution is 2.31. The van der Waals surface area contributed by atoms with Crippen LogP contribution in [0.5, 0.6) is 0 Å². The van der Waals surface area contributed by atoms with Crippen LogP contribution in [-0.4, -0.2) is 9.97 Å². The molecular formula is C20H16N4OS. The Balaban J connectivity index is 1.55. The normalized spacial score (nSPS) is 10.8. The first-order valence-corrected chi connectivity index (χ1v) is 9.02. The van der Waals surface area contributed by atoms with Gasteiger partial charge in [0.15, 0.2) is 10.8 Å². The van der Waals surface area contributed by atoms with Crippen molar-refractivity contribution < 1.29 is 4.42 Å². The first-order chi connectivity index (χ1) is 12.6. The van der Waals surface area contributed by atoms with Crippen LogP contribution in [0.3, 0.4) is 0 Å². The fraction of sp³-hybridized carbons (Fsp3) is 0.150. The lowest BCUT2D eigenvalue weighted by Gasteiger charge is -2.09. The van der Waals surface area contributed by atoms with Crippen molar-refractivity contribution in [2.24, 2.45) is 0 Å². The number of aryl methyl sites for hydroxylation is 2. The minimum absolute atomic E-state index is 0.454. The monoisotopic (exact) mass is 360 g/mol. The highest BCUT2D eigenvalue weighted by molar-refractivity contribution is 7.21. The van der Waals surface area contributed by atoms with Crippen molar-refractivity contribution in [2.75, 3.05) is 5.32 Å². The van der Waals surface area contributed by atoms with Gasteiger partial charge in [-0.1, -0.05) is 12.1 Å². The van der Waals surface area contributed by atoms with Crippen LogP contribution in [0.25, 0.3) is 21.0 Å². The molecule has 3 heterocycles. The fourth-order valence-corrected chi connectivity index (χ4v) is 3.77. The van der Waals surface area contributed by atoms with E-state index in [1.165, 1.54) is 0 Å². The zero-order chi connectivity index (χ0) is 18.1. The van der Waals surface area contributed by atoms with Gasteiger partial charge in [0.05, 0.1) is 22.3 Å². The summed E-state index contributed by atoms with van der Waals surface area (Å²) in [6.07, 6.45) is 0. The summed E-state index contributed by atoms with van der Waals surface area (Å²) >= 11 is 1.61. The lowest BCUT2D eigenvalue weighted by molar-refractivity contribution is 0.531. The van der Waals surface area contributed by atoms with E-state index in [9.17, 15) is 5.26 Å². The summed E-state index contributed by atoms with van der Waals surface area (Å²) in [4.78, 5) is 9.04. The van der Waals surface area contributed by atoms with Crippen LogP contribution in [0.15, 0.2) is 46.9 Å². The summed E-state index contributed by atoms with van der Waals surface area (Å²) in [5, 5.41) is 13.4. The van der Waals surface area contributed by atoms with Gasteiger partial charge >= 0.3 is 0 Å². The van der Waals surface area contributed by atoms with Crippen molar-refractivity contribution in [2.45, 2.75) is 20.4 Å². The number of nitriles is 1.